The number of amides is 3. The van der Waals surface area contributed by atoms with Gasteiger partial charge in [-0.15, -0.1) is 13.2 Å². The quantitative estimate of drug-likeness (QED) is 0.562. The second-order valence-corrected chi connectivity index (χ2v) is 10.7. The molecular weight excluding hydrogens is 505 g/mol. The zero-order chi connectivity index (χ0) is 28.1. The van der Waals surface area contributed by atoms with Gasteiger partial charge in [0.05, 0.1) is 17.6 Å². The van der Waals surface area contributed by atoms with Gasteiger partial charge in [0, 0.05) is 25.2 Å². The summed E-state index contributed by atoms with van der Waals surface area (Å²) in [6.45, 7) is 5.52. The van der Waals surface area contributed by atoms with Crippen molar-refractivity contribution in [2.24, 2.45) is 5.92 Å². The van der Waals surface area contributed by atoms with Crippen LogP contribution in [0.4, 0.5) is 18.0 Å². The van der Waals surface area contributed by atoms with Crippen LogP contribution in [0.3, 0.4) is 0 Å². The molecule has 0 unspecified atom stereocenters. The number of likely N-dealkylation sites (tertiary alicyclic amines) is 1. The first-order chi connectivity index (χ1) is 17.7. The van der Waals surface area contributed by atoms with Crippen molar-refractivity contribution >= 4 is 17.9 Å². The van der Waals surface area contributed by atoms with Gasteiger partial charge < -0.3 is 25.0 Å². The van der Waals surface area contributed by atoms with Crippen molar-refractivity contribution in [3.8, 4) is 11.8 Å². The monoisotopic (exact) mass is 538 g/mol. The normalized spacial score (nSPS) is 19.3. The minimum absolute atomic E-state index is 0.0124. The number of alkyl halides is 3. The number of carbonyl (C=O) groups is 3. The highest BCUT2D eigenvalue weighted by Gasteiger charge is 2.46. The fourth-order valence-corrected chi connectivity index (χ4v) is 4.86. The Kier molecular flexibility index (Phi) is 8.79. The summed E-state index contributed by atoms with van der Waals surface area (Å²) >= 11 is 0. The summed E-state index contributed by atoms with van der Waals surface area (Å²) in [7, 11) is 0. The third-order valence-electron chi connectivity index (χ3n) is 6.56. The molecule has 1 heterocycles. The van der Waals surface area contributed by atoms with Crippen LogP contribution in [-0.4, -0.2) is 53.4 Å². The highest BCUT2D eigenvalue weighted by atomic mass is 19.4. The van der Waals surface area contributed by atoms with E-state index in [9.17, 15) is 27.6 Å². The number of halogens is 3. The number of benzene rings is 1. The van der Waals surface area contributed by atoms with Crippen molar-refractivity contribution in [3.63, 3.8) is 0 Å². The number of rotatable bonds is 6. The molecule has 1 saturated heterocycles. The Labute approximate surface area is 219 Å². The first-order valence-corrected chi connectivity index (χ1v) is 12.6. The van der Waals surface area contributed by atoms with Gasteiger partial charge in [0.1, 0.15) is 16.9 Å². The predicted octanol–water partition coefficient (Wildman–Crippen LogP) is 4.15. The number of carbonyl (C=O) groups excluding carboxylic acids is 3. The Balaban J connectivity index is 1.66. The van der Waals surface area contributed by atoms with E-state index < -0.39 is 41.2 Å². The maximum Gasteiger partial charge on any atom is 0.573 e. The summed E-state index contributed by atoms with van der Waals surface area (Å²) in [6.07, 6.45) is -2.08. The Morgan fingerprint density at radius 3 is 2.45 bits per heavy atom. The molecule has 1 aliphatic heterocycles. The lowest BCUT2D eigenvalue weighted by atomic mass is 9.91. The fourth-order valence-electron chi connectivity index (χ4n) is 4.86. The molecule has 9 nitrogen and oxygen atoms in total. The number of ether oxygens (including phenoxy) is 2. The molecule has 12 heteroatoms. The van der Waals surface area contributed by atoms with E-state index in [2.05, 4.69) is 15.4 Å². The Morgan fingerprint density at radius 2 is 1.84 bits per heavy atom. The molecule has 0 spiro atoms. The number of piperidine rings is 1. The molecule has 1 aromatic rings. The molecular formula is C26H33F3N4O5. The van der Waals surface area contributed by atoms with Crippen LogP contribution in [0.1, 0.15) is 70.4 Å². The lowest BCUT2D eigenvalue weighted by Gasteiger charge is -2.39. The number of nitriles is 1. The maximum absolute atomic E-state index is 13.6. The second kappa shape index (κ2) is 11.5. The van der Waals surface area contributed by atoms with Crippen molar-refractivity contribution in [2.45, 2.75) is 83.3 Å². The molecule has 1 atom stereocenters. The third-order valence-corrected chi connectivity index (χ3v) is 6.56. The van der Waals surface area contributed by atoms with E-state index in [0.717, 1.165) is 18.9 Å². The molecule has 1 saturated carbocycles. The molecule has 1 aliphatic carbocycles. The van der Waals surface area contributed by atoms with Gasteiger partial charge in [-0.1, -0.05) is 18.9 Å². The van der Waals surface area contributed by atoms with E-state index in [4.69, 9.17) is 10.00 Å². The van der Waals surface area contributed by atoms with Gasteiger partial charge in [0.2, 0.25) is 11.8 Å². The second-order valence-electron chi connectivity index (χ2n) is 10.7. The van der Waals surface area contributed by atoms with Gasteiger partial charge in [-0.05, 0) is 58.6 Å². The van der Waals surface area contributed by atoms with Gasteiger partial charge in [-0.2, -0.15) is 5.26 Å². The first kappa shape index (κ1) is 29.1. The Bertz CT molecular complexity index is 1090. The molecule has 0 bridgehead atoms. The van der Waals surface area contributed by atoms with Crippen LogP contribution in [0.5, 0.6) is 5.75 Å². The van der Waals surface area contributed by atoms with Crippen LogP contribution in [0.15, 0.2) is 18.2 Å². The van der Waals surface area contributed by atoms with Crippen molar-refractivity contribution < 1.29 is 37.0 Å². The average Bonchev–Trinajstić information content (AvgIpc) is 3.29. The smallest absolute Gasteiger partial charge is 0.444 e. The first-order valence-electron chi connectivity index (χ1n) is 12.6. The van der Waals surface area contributed by atoms with Crippen molar-refractivity contribution in [2.75, 3.05) is 13.1 Å². The summed E-state index contributed by atoms with van der Waals surface area (Å²) in [5, 5.41) is 14.4. The van der Waals surface area contributed by atoms with E-state index in [1.165, 1.54) is 12.1 Å². The number of hydrogen-bond acceptors (Lipinski definition) is 6. The highest BCUT2D eigenvalue weighted by molar-refractivity contribution is 5.91. The Hall–Kier alpha value is -3.49. The molecule has 1 aromatic carbocycles. The van der Waals surface area contributed by atoms with E-state index in [-0.39, 0.29) is 30.1 Å². The van der Waals surface area contributed by atoms with Crippen LogP contribution in [0, 0.1) is 17.2 Å². The summed E-state index contributed by atoms with van der Waals surface area (Å²) in [4.78, 5) is 40.6. The zero-order valence-electron chi connectivity index (χ0n) is 21.7. The maximum atomic E-state index is 13.6. The summed E-state index contributed by atoms with van der Waals surface area (Å²) in [5.74, 6) is -1.80. The molecule has 38 heavy (non-hydrogen) atoms. The topological polar surface area (TPSA) is 121 Å². The van der Waals surface area contributed by atoms with E-state index in [0.29, 0.717) is 32.2 Å². The summed E-state index contributed by atoms with van der Waals surface area (Å²) in [5.41, 5.74) is -1.76. The lowest BCUT2D eigenvalue weighted by Crippen LogP contribution is -2.60. The standard InChI is InChI=1S/C26H33F3N4O5/c1-24(2,3)38-23(36)32-25(10-4-5-11-25)22(35)33-12-6-7-19(16-33)21(34)31-15-18-9-8-17(14-30)13-20(18)37-26(27,28)29/h8-9,13,19H,4-7,10-12,15-16H2,1-3H3,(H,31,34)(H,32,36)/t19-/m1/s1. The van der Waals surface area contributed by atoms with Gasteiger partial charge >= 0.3 is 12.5 Å². The Morgan fingerprint density at radius 1 is 1.16 bits per heavy atom. The molecule has 2 aliphatic rings. The van der Waals surface area contributed by atoms with E-state index >= 15 is 0 Å². The minimum atomic E-state index is -4.96. The van der Waals surface area contributed by atoms with Crippen molar-refractivity contribution in [3.05, 3.63) is 29.3 Å². The minimum Gasteiger partial charge on any atom is -0.444 e. The number of hydrogen-bond donors (Lipinski definition) is 2. The molecule has 0 radical (unpaired) electrons. The molecule has 2 fully saturated rings. The van der Waals surface area contributed by atoms with Crippen molar-refractivity contribution in [1.29, 1.82) is 5.26 Å². The number of alkyl carbamates (subject to hydrolysis) is 1. The molecule has 2 N–H and O–H groups in total. The third kappa shape index (κ3) is 7.76. The van der Waals surface area contributed by atoms with Gasteiger partial charge in [-0.3, -0.25) is 9.59 Å². The zero-order valence-corrected chi connectivity index (χ0v) is 21.7. The van der Waals surface area contributed by atoms with Crippen LogP contribution in [0.25, 0.3) is 0 Å². The van der Waals surface area contributed by atoms with Gasteiger partial charge in [-0.25, -0.2) is 4.79 Å². The van der Waals surface area contributed by atoms with Crippen LogP contribution in [-0.2, 0) is 20.9 Å². The summed E-state index contributed by atoms with van der Waals surface area (Å²) < 4.78 is 47.9. The predicted molar refractivity (Wildman–Crippen MR) is 130 cm³/mol. The van der Waals surface area contributed by atoms with Crippen LogP contribution in [0.2, 0.25) is 0 Å². The molecule has 0 aromatic heterocycles. The number of nitrogens with zero attached hydrogens (tertiary/aromatic N) is 2. The molecule has 3 amide bonds. The van der Waals surface area contributed by atoms with Gasteiger partial charge in [0.15, 0.2) is 0 Å². The fraction of sp³-hybridized carbons (Fsp3) is 0.615. The SMILES string of the molecule is CC(C)(C)OC(=O)NC1(C(=O)N2CCC[C@@H](C(=O)NCc3ccc(C#N)cc3OC(F)(F)F)C2)CCCC1. The lowest BCUT2D eigenvalue weighted by molar-refractivity contribution is -0.274. The van der Waals surface area contributed by atoms with E-state index in [1.807, 2.05) is 0 Å². The van der Waals surface area contributed by atoms with Crippen LogP contribution >= 0.6 is 0 Å². The largest absolute Gasteiger partial charge is 0.573 e. The summed E-state index contributed by atoms with van der Waals surface area (Å²) in [6, 6.07) is 5.35. The van der Waals surface area contributed by atoms with E-state index in [1.54, 1.807) is 31.7 Å². The average molecular weight is 539 g/mol. The van der Waals surface area contributed by atoms with Crippen molar-refractivity contribution in [1.82, 2.24) is 15.5 Å². The van der Waals surface area contributed by atoms with Crippen LogP contribution < -0.4 is 15.4 Å². The van der Waals surface area contributed by atoms with Gasteiger partial charge in [0.25, 0.3) is 0 Å². The highest BCUT2D eigenvalue weighted by Crippen LogP contribution is 2.34. The molecule has 208 valence electrons. The number of nitrogens with one attached hydrogen (secondary N) is 2. The molecule has 3 rings (SSSR count).